The molecule has 0 bridgehead atoms. The van der Waals surface area contributed by atoms with Crippen molar-refractivity contribution < 1.29 is 19.1 Å². The molecule has 1 aliphatic rings. The highest BCUT2D eigenvalue weighted by atomic mass is 35.5. The lowest BCUT2D eigenvalue weighted by atomic mass is 10.1. The van der Waals surface area contributed by atoms with Crippen LogP contribution in [-0.4, -0.2) is 31.6 Å². The molecule has 2 aromatic rings. The number of ether oxygens (including phenoxy) is 2. The Balaban J connectivity index is 1.67. The molecule has 6 nitrogen and oxygen atoms in total. The first-order chi connectivity index (χ1) is 13.0. The summed E-state index contributed by atoms with van der Waals surface area (Å²) in [5.74, 6) is 0.861. The Morgan fingerprint density at radius 1 is 1.30 bits per heavy atom. The van der Waals surface area contributed by atoms with Crippen LogP contribution in [0, 0.1) is 0 Å². The molecule has 1 N–H and O–H groups in total. The molecule has 0 saturated heterocycles. The molecule has 0 spiro atoms. The summed E-state index contributed by atoms with van der Waals surface area (Å²) in [4.78, 5) is 26.6. The molecule has 0 radical (unpaired) electrons. The van der Waals surface area contributed by atoms with Gasteiger partial charge in [-0.1, -0.05) is 30.7 Å². The number of rotatable bonds is 6. The number of hydrogen-bond acceptors (Lipinski definition) is 4. The summed E-state index contributed by atoms with van der Waals surface area (Å²) in [5.41, 5.74) is 1.26. The minimum Gasteiger partial charge on any atom is -0.495 e. The van der Waals surface area contributed by atoms with E-state index in [0.29, 0.717) is 34.3 Å². The summed E-state index contributed by atoms with van der Waals surface area (Å²) in [7, 11) is 1.53. The third-order valence-corrected chi connectivity index (χ3v) is 4.63. The molecule has 1 heterocycles. The molecule has 1 aliphatic heterocycles. The van der Waals surface area contributed by atoms with Gasteiger partial charge >= 0.3 is 0 Å². The van der Waals surface area contributed by atoms with E-state index in [4.69, 9.17) is 21.1 Å². The van der Waals surface area contributed by atoms with E-state index in [-0.39, 0.29) is 24.8 Å². The van der Waals surface area contributed by atoms with E-state index in [1.807, 2.05) is 31.2 Å². The normalized spacial score (nSPS) is 15.7. The van der Waals surface area contributed by atoms with Crippen molar-refractivity contribution in [2.75, 3.05) is 23.9 Å². The molecule has 0 fully saturated rings. The number of carbonyl (C=O) groups is 2. The Morgan fingerprint density at radius 2 is 2.07 bits per heavy atom. The van der Waals surface area contributed by atoms with Crippen LogP contribution in [0.3, 0.4) is 0 Å². The maximum absolute atomic E-state index is 12.6. The van der Waals surface area contributed by atoms with Gasteiger partial charge in [0.2, 0.25) is 5.91 Å². The average Bonchev–Trinajstić information content (AvgIpc) is 2.67. The molecule has 7 heteroatoms. The van der Waals surface area contributed by atoms with Crippen LogP contribution in [0.1, 0.15) is 19.8 Å². The van der Waals surface area contributed by atoms with Crippen LogP contribution < -0.4 is 19.7 Å². The summed E-state index contributed by atoms with van der Waals surface area (Å²) in [6.07, 6.45) is 0.198. The van der Waals surface area contributed by atoms with Gasteiger partial charge in [0.1, 0.15) is 11.5 Å². The number of methoxy groups -OCH3 is 1. The van der Waals surface area contributed by atoms with E-state index in [1.165, 1.54) is 7.11 Å². The van der Waals surface area contributed by atoms with Gasteiger partial charge in [0, 0.05) is 18.7 Å². The fourth-order valence-electron chi connectivity index (χ4n) is 2.95. The highest BCUT2D eigenvalue weighted by molar-refractivity contribution is 6.32. The lowest BCUT2D eigenvalue weighted by Gasteiger charge is -2.33. The third kappa shape index (κ3) is 4.17. The molecule has 2 aromatic carbocycles. The van der Waals surface area contributed by atoms with E-state index in [0.717, 1.165) is 0 Å². The fraction of sp³-hybridized carbons (Fsp3) is 0.300. The van der Waals surface area contributed by atoms with Crippen molar-refractivity contribution in [3.8, 4) is 11.5 Å². The minimum atomic E-state index is -0.525. The van der Waals surface area contributed by atoms with Crippen molar-refractivity contribution >= 4 is 34.8 Å². The zero-order chi connectivity index (χ0) is 19.4. The maximum Gasteiger partial charge on any atom is 0.268 e. The van der Waals surface area contributed by atoms with Crippen LogP contribution in [0.25, 0.3) is 0 Å². The fourth-order valence-corrected chi connectivity index (χ4v) is 3.20. The van der Waals surface area contributed by atoms with Gasteiger partial charge in [-0.3, -0.25) is 9.59 Å². The highest BCUT2D eigenvalue weighted by Crippen LogP contribution is 2.34. The Labute approximate surface area is 163 Å². The number of anilines is 2. The van der Waals surface area contributed by atoms with Gasteiger partial charge in [-0.25, -0.2) is 0 Å². The van der Waals surface area contributed by atoms with Crippen LogP contribution in [0.2, 0.25) is 5.02 Å². The molecular formula is C20H21ClN2O4. The van der Waals surface area contributed by atoms with Gasteiger partial charge in [-0.05, 0) is 36.8 Å². The Hall–Kier alpha value is -2.73. The summed E-state index contributed by atoms with van der Waals surface area (Å²) in [6, 6.07) is 12.4. The average molecular weight is 389 g/mol. The van der Waals surface area contributed by atoms with Crippen LogP contribution >= 0.6 is 11.6 Å². The number of hydrogen-bond donors (Lipinski definition) is 1. The van der Waals surface area contributed by atoms with Crippen LogP contribution in [0.4, 0.5) is 11.4 Å². The predicted molar refractivity (Wildman–Crippen MR) is 105 cm³/mol. The number of para-hydroxylation sites is 2. The lowest BCUT2D eigenvalue weighted by molar-refractivity contribution is -0.126. The van der Waals surface area contributed by atoms with E-state index >= 15 is 0 Å². The second-order valence-corrected chi connectivity index (χ2v) is 6.53. The molecule has 142 valence electrons. The van der Waals surface area contributed by atoms with Crippen LogP contribution in [-0.2, 0) is 9.59 Å². The molecule has 0 saturated carbocycles. The number of carbonyl (C=O) groups excluding carboxylic acids is 2. The monoisotopic (exact) mass is 388 g/mol. The van der Waals surface area contributed by atoms with Crippen molar-refractivity contribution in [2.24, 2.45) is 0 Å². The Morgan fingerprint density at radius 3 is 2.78 bits per heavy atom. The molecule has 1 atom stereocenters. The van der Waals surface area contributed by atoms with Gasteiger partial charge in [0.05, 0.1) is 17.8 Å². The van der Waals surface area contributed by atoms with Gasteiger partial charge < -0.3 is 19.7 Å². The van der Waals surface area contributed by atoms with Crippen molar-refractivity contribution in [3.63, 3.8) is 0 Å². The SMILES string of the molecule is CCC1Oc2ccccc2N(CCC(=O)Nc2ccc(OC)c(Cl)c2)C1=O. The first-order valence-electron chi connectivity index (χ1n) is 8.74. The number of amides is 2. The van der Waals surface area contributed by atoms with Crippen LogP contribution in [0.5, 0.6) is 11.5 Å². The van der Waals surface area contributed by atoms with E-state index in [9.17, 15) is 9.59 Å². The largest absolute Gasteiger partial charge is 0.495 e. The second-order valence-electron chi connectivity index (χ2n) is 6.12. The first kappa shape index (κ1) is 19.0. The zero-order valence-corrected chi connectivity index (χ0v) is 16.0. The summed E-state index contributed by atoms with van der Waals surface area (Å²) in [5, 5.41) is 3.20. The van der Waals surface area contributed by atoms with Gasteiger partial charge in [-0.15, -0.1) is 0 Å². The molecular weight excluding hydrogens is 368 g/mol. The molecule has 0 aromatic heterocycles. The number of fused-ring (bicyclic) bond motifs is 1. The molecule has 0 aliphatic carbocycles. The van der Waals surface area contributed by atoms with Crippen LogP contribution in [0.15, 0.2) is 42.5 Å². The summed E-state index contributed by atoms with van der Waals surface area (Å²) in [6.45, 7) is 2.17. The van der Waals surface area contributed by atoms with E-state index in [2.05, 4.69) is 5.32 Å². The van der Waals surface area contributed by atoms with Crippen molar-refractivity contribution in [1.82, 2.24) is 0 Å². The Bertz CT molecular complexity index is 856. The summed E-state index contributed by atoms with van der Waals surface area (Å²) >= 11 is 6.08. The molecule has 3 rings (SSSR count). The predicted octanol–water partition coefficient (Wildman–Crippen LogP) is 3.88. The third-order valence-electron chi connectivity index (χ3n) is 4.34. The second kappa shape index (κ2) is 8.31. The van der Waals surface area contributed by atoms with Gasteiger partial charge in [-0.2, -0.15) is 0 Å². The van der Waals surface area contributed by atoms with E-state index < -0.39 is 6.10 Å². The molecule has 1 unspecified atom stereocenters. The number of benzene rings is 2. The Kier molecular flexibility index (Phi) is 5.86. The number of nitrogens with zero attached hydrogens (tertiary/aromatic N) is 1. The topological polar surface area (TPSA) is 67.9 Å². The molecule has 27 heavy (non-hydrogen) atoms. The number of nitrogens with one attached hydrogen (secondary N) is 1. The quantitative estimate of drug-likeness (QED) is 0.815. The zero-order valence-electron chi connectivity index (χ0n) is 15.2. The molecule has 2 amide bonds. The minimum absolute atomic E-state index is 0.128. The standard InChI is InChI=1S/C20H21ClN2O4/c1-3-16-20(25)23(15-6-4-5-7-18(15)27-16)11-10-19(24)22-13-8-9-17(26-2)14(21)12-13/h4-9,12,16H,3,10-11H2,1-2H3,(H,22,24). The number of halogens is 1. The first-order valence-corrected chi connectivity index (χ1v) is 9.11. The van der Waals surface area contributed by atoms with Gasteiger partial charge in [0.25, 0.3) is 5.91 Å². The highest BCUT2D eigenvalue weighted by Gasteiger charge is 2.33. The smallest absolute Gasteiger partial charge is 0.268 e. The van der Waals surface area contributed by atoms with Crippen molar-refractivity contribution in [3.05, 3.63) is 47.5 Å². The summed E-state index contributed by atoms with van der Waals surface area (Å²) < 4.78 is 10.8. The van der Waals surface area contributed by atoms with Crippen molar-refractivity contribution in [2.45, 2.75) is 25.9 Å². The van der Waals surface area contributed by atoms with Gasteiger partial charge in [0.15, 0.2) is 6.10 Å². The maximum atomic E-state index is 12.6. The van der Waals surface area contributed by atoms with E-state index in [1.54, 1.807) is 23.1 Å². The lowest BCUT2D eigenvalue weighted by Crippen LogP contribution is -2.46. The van der Waals surface area contributed by atoms with Crippen molar-refractivity contribution in [1.29, 1.82) is 0 Å².